The first-order valence-corrected chi connectivity index (χ1v) is 7.75. The number of ether oxygens (including phenoxy) is 1. The van der Waals surface area contributed by atoms with E-state index in [2.05, 4.69) is 28.7 Å². The smallest absolute Gasteiger partial charge is 0.185 e. The number of hydrogen-bond acceptors (Lipinski definition) is 4. The molecule has 1 aromatic carbocycles. The van der Waals surface area contributed by atoms with Crippen LogP contribution in [0.3, 0.4) is 0 Å². The second-order valence-corrected chi connectivity index (χ2v) is 5.93. The fourth-order valence-corrected chi connectivity index (χ4v) is 3.08. The first-order chi connectivity index (χ1) is 10.2. The summed E-state index contributed by atoms with van der Waals surface area (Å²) in [5, 5.41) is 0. The highest BCUT2D eigenvalue weighted by molar-refractivity contribution is 6.04. The van der Waals surface area contributed by atoms with Gasteiger partial charge in [-0.2, -0.15) is 0 Å². The Balaban J connectivity index is 1.76. The van der Waals surface area contributed by atoms with Crippen LogP contribution < -0.4 is 4.90 Å². The Hall–Kier alpha value is -1.11. The molecule has 0 aromatic heterocycles. The predicted molar refractivity (Wildman–Crippen MR) is 84.8 cm³/mol. The first kappa shape index (κ1) is 14.8. The normalized spacial score (nSPS) is 21.7. The second-order valence-electron chi connectivity index (χ2n) is 5.93. The van der Waals surface area contributed by atoms with Crippen molar-refractivity contribution < 1.29 is 9.13 Å². The molecule has 2 aliphatic rings. The summed E-state index contributed by atoms with van der Waals surface area (Å²) in [7, 11) is 2.15. The Labute approximate surface area is 126 Å². The van der Waals surface area contributed by atoms with Gasteiger partial charge in [0.15, 0.2) is 7.98 Å². The van der Waals surface area contributed by atoms with E-state index in [1.807, 2.05) is 6.07 Å². The molecule has 114 valence electrons. The van der Waals surface area contributed by atoms with E-state index in [-0.39, 0.29) is 5.82 Å². The van der Waals surface area contributed by atoms with Crippen LogP contribution in [0, 0.1) is 5.82 Å². The molecule has 21 heavy (non-hydrogen) atoms. The van der Waals surface area contributed by atoms with Gasteiger partial charge in [-0.25, -0.2) is 4.39 Å². The third-order valence-corrected chi connectivity index (χ3v) is 4.39. The van der Waals surface area contributed by atoms with Gasteiger partial charge < -0.3 is 14.4 Å². The molecule has 2 fully saturated rings. The van der Waals surface area contributed by atoms with Crippen LogP contribution in [0.2, 0.25) is 0 Å². The minimum Gasteiger partial charge on any atom is -0.378 e. The standard InChI is InChI=1S/C15H23BFN3O/c16-20-6-4-18(5-7-20)12-13-2-1-3-14(17)15(13)19-8-10-21-11-9-19/h1-3H,4-12,16H2. The predicted octanol–water partition coefficient (Wildman–Crippen LogP) is 0.328. The second kappa shape index (κ2) is 6.77. The molecular weight excluding hydrogens is 268 g/mol. The number of hydrogen-bond donors (Lipinski definition) is 0. The number of nitrogens with zero attached hydrogens (tertiary/aromatic N) is 3. The lowest BCUT2D eigenvalue weighted by molar-refractivity contribution is 0.122. The van der Waals surface area contributed by atoms with Gasteiger partial charge in [-0.05, 0) is 24.7 Å². The largest absolute Gasteiger partial charge is 0.378 e. The van der Waals surface area contributed by atoms with E-state index in [1.165, 1.54) is 0 Å². The van der Waals surface area contributed by atoms with Crippen LogP contribution >= 0.6 is 0 Å². The van der Waals surface area contributed by atoms with Crippen molar-refractivity contribution in [3.05, 3.63) is 29.6 Å². The van der Waals surface area contributed by atoms with E-state index in [0.717, 1.165) is 57.1 Å². The minimum absolute atomic E-state index is 0.108. The molecule has 0 atom stereocenters. The van der Waals surface area contributed by atoms with E-state index in [4.69, 9.17) is 4.74 Å². The highest BCUT2D eigenvalue weighted by Gasteiger charge is 2.21. The maximum Gasteiger partial charge on any atom is 0.185 e. The Morgan fingerprint density at radius 1 is 1.05 bits per heavy atom. The number of piperazine rings is 1. The maximum absolute atomic E-state index is 14.3. The van der Waals surface area contributed by atoms with Gasteiger partial charge in [0.1, 0.15) is 5.82 Å². The molecule has 0 amide bonds. The van der Waals surface area contributed by atoms with Crippen LogP contribution in [0.5, 0.6) is 0 Å². The molecule has 0 unspecified atom stereocenters. The van der Waals surface area contributed by atoms with Gasteiger partial charge in [0.2, 0.25) is 0 Å². The quantitative estimate of drug-likeness (QED) is 0.747. The molecule has 2 heterocycles. The molecule has 1 aromatic rings. The van der Waals surface area contributed by atoms with Gasteiger partial charge in [-0.15, -0.1) is 0 Å². The maximum atomic E-state index is 14.3. The molecule has 0 spiro atoms. The van der Waals surface area contributed by atoms with Gasteiger partial charge in [0.25, 0.3) is 0 Å². The van der Waals surface area contributed by atoms with Gasteiger partial charge in [-0.1, -0.05) is 12.1 Å². The van der Waals surface area contributed by atoms with Gasteiger partial charge in [0, 0.05) is 32.7 Å². The molecule has 4 nitrogen and oxygen atoms in total. The highest BCUT2D eigenvalue weighted by Crippen LogP contribution is 2.26. The van der Waals surface area contributed by atoms with Crippen molar-refractivity contribution in [1.82, 2.24) is 9.71 Å². The lowest BCUT2D eigenvalue weighted by atomic mass is 10.1. The fraction of sp³-hybridized carbons (Fsp3) is 0.600. The topological polar surface area (TPSA) is 19.0 Å². The number of halogens is 1. The molecular formula is C15H23BFN3O. The minimum atomic E-state index is -0.108. The summed E-state index contributed by atoms with van der Waals surface area (Å²) in [6, 6.07) is 5.45. The Bertz CT molecular complexity index is 474. The molecule has 2 saturated heterocycles. The number of anilines is 1. The summed E-state index contributed by atoms with van der Waals surface area (Å²) < 4.78 is 19.7. The van der Waals surface area contributed by atoms with E-state index in [1.54, 1.807) is 6.07 Å². The molecule has 0 radical (unpaired) electrons. The van der Waals surface area contributed by atoms with Crippen LogP contribution in [0.25, 0.3) is 0 Å². The molecule has 0 N–H and O–H groups in total. The van der Waals surface area contributed by atoms with Crippen LogP contribution in [0.15, 0.2) is 18.2 Å². The Morgan fingerprint density at radius 3 is 2.48 bits per heavy atom. The van der Waals surface area contributed by atoms with E-state index in [0.29, 0.717) is 13.2 Å². The van der Waals surface area contributed by atoms with E-state index < -0.39 is 0 Å². The Kier molecular flexibility index (Phi) is 4.78. The summed E-state index contributed by atoms with van der Waals surface area (Å²) in [6.07, 6.45) is 0. The summed E-state index contributed by atoms with van der Waals surface area (Å²) in [5.74, 6) is -0.108. The average Bonchev–Trinajstić information content (AvgIpc) is 2.51. The van der Waals surface area contributed by atoms with Crippen molar-refractivity contribution in [1.29, 1.82) is 0 Å². The molecule has 2 aliphatic heterocycles. The zero-order chi connectivity index (χ0) is 14.7. The zero-order valence-electron chi connectivity index (χ0n) is 12.7. The third-order valence-electron chi connectivity index (χ3n) is 4.39. The van der Waals surface area contributed by atoms with Crippen molar-refractivity contribution in [3.63, 3.8) is 0 Å². The highest BCUT2D eigenvalue weighted by atomic mass is 19.1. The van der Waals surface area contributed by atoms with Crippen molar-refractivity contribution in [2.75, 3.05) is 57.4 Å². The van der Waals surface area contributed by atoms with Crippen LogP contribution in [-0.2, 0) is 11.3 Å². The monoisotopic (exact) mass is 291 g/mol. The lowest BCUT2D eigenvalue weighted by Crippen LogP contribution is -2.45. The summed E-state index contributed by atoms with van der Waals surface area (Å²) in [6.45, 7) is 8.02. The number of morpholine rings is 1. The molecule has 3 rings (SSSR count). The number of rotatable bonds is 3. The molecule has 0 saturated carbocycles. The van der Waals surface area contributed by atoms with Crippen molar-refractivity contribution in [2.24, 2.45) is 0 Å². The summed E-state index contributed by atoms with van der Waals surface area (Å²) in [5.41, 5.74) is 1.88. The number of benzene rings is 1. The Morgan fingerprint density at radius 2 is 1.76 bits per heavy atom. The van der Waals surface area contributed by atoms with Crippen LogP contribution in [0.1, 0.15) is 5.56 Å². The van der Waals surface area contributed by atoms with Crippen LogP contribution in [-0.4, -0.2) is 70.2 Å². The fourth-order valence-electron chi connectivity index (χ4n) is 3.08. The van der Waals surface area contributed by atoms with Gasteiger partial charge in [-0.3, -0.25) is 4.90 Å². The van der Waals surface area contributed by atoms with Gasteiger partial charge >= 0.3 is 0 Å². The van der Waals surface area contributed by atoms with Gasteiger partial charge in [0.05, 0.1) is 18.9 Å². The summed E-state index contributed by atoms with van der Waals surface area (Å²) in [4.78, 5) is 6.88. The van der Waals surface area contributed by atoms with Crippen LogP contribution in [0.4, 0.5) is 10.1 Å². The van der Waals surface area contributed by atoms with E-state index >= 15 is 0 Å². The summed E-state index contributed by atoms with van der Waals surface area (Å²) >= 11 is 0. The molecule has 6 heteroatoms. The first-order valence-electron chi connectivity index (χ1n) is 7.75. The molecule has 0 aliphatic carbocycles. The number of para-hydroxylation sites is 1. The SMILES string of the molecule is BN1CCN(Cc2cccc(F)c2N2CCOCC2)CC1. The van der Waals surface area contributed by atoms with E-state index in [9.17, 15) is 4.39 Å². The third kappa shape index (κ3) is 3.57. The average molecular weight is 291 g/mol. The lowest BCUT2D eigenvalue weighted by Gasteiger charge is -2.35. The van der Waals surface area contributed by atoms with Crippen molar-refractivity contribution in [2.45, 2.75) is 6.54 Å². The van der Waals surface area contributed by atoms with Crippen molar-refractivity contribution >= 4 is 13.7 Å². The molecule has 0 bridgehead atoms. The zero-order valence-corrected chi connectivity index (χ0v) is 12.7. The van der Waals surface area contributed by atoms with Crippen molar-refractivity contribution in [3.8, 4) is 0 Å².